The average molecular weight is 510 g/mol. The molecule has 0 bridgehead atoms. The first-order chi connectivity index (χ1) is 17.3. The Morgan fingerprint density at radius 3 is 2.78 bits per heavy atom. The second-order valence-corrected chi connectivity index (χ2v) is 9.42. The standard InChI is InChI=1S/C24H21F2N7O2S/c1-24(2,34)35-18-13-28-20(26)11-16(18)15-5-3-4-14-10-19(36-22(14)15)21-17(25)12-29-23(31-21)27-6-8-33-9-7-30-32-33/h3-5,7,9-13,34H,6,8H2,1-2H3,(H,27,29,31). The molecule has 0 radical (unpaired) electrons. The number of fused-ring (bicyclic) bond motifs is 1. The van der Waals surface area contributed by atoms with E-state index < -0.39 is 17.6 Å². The van der Waals surface area contributed by atoms with Crippen LogP contribution in [0.3, 0.4) is 0 Å². The third-order valence-corrected chi connectivity index (χ3v) is 6.29. The van der Waals surface area contributed by atoms with Crippen molar-refractivity contribution in [2.45, 2.75) is 26.2 Å². The number of ether oxygens (including phenoxy) is 1. The number of benzene rings is 1. The lowest BCUT2D eigenvalue weighted by Gasteiger charge is -2.21. The number of aromatic nitrogens is 6. The lowest BCUT2D eigenvalue weighted by Crippen LogP contribution is -2.27. The molecule has 0 aliphatic rings. The Bertz CT molecular complexity index is 1520. The quantitative estimate of drug-likeness (QED) is 0.232. The van der Waals surface area contributed by atoms with Crippen molar-refractivity contribution in [1.82, 2.24) is 29.9 Å². The minimum Gasteiger partial charge on any atom is -0.461 e. The fourth-order valence-corrected chi connectivity index (χ4v) is 4.81. The molecule has 36 heavy (non-hydrogen) atoms. The molecule has 4 heterocycles. The van der Waals surface area contributed by atoms with Gasteiger partial charge in [-0.15, -0.1) is 16.4 Å². The zero-order chi connectivity index (χ0) is 25.3. The number of nitrogens with zero attached hydrogens (tertiary/aromatic N) is 6. The maximum absolute atomic E-state index is 14.8. The van der Waals surface area contributed by atoms with Crippen molar-refractivity contribution in [3.8, 4) is 27.4 Å². The molecular weight excluding hydrogens is 488 g/mol. The largest absolute Gasteiger partial charge is 0.461 e. The van der Waals surface area contributed by atoms with Gasteiger partial charge in [0.25, 0.3) is 0 Å². The number of hydrogen-bond acceptors (Lipinski definition) is 9. The van der Waals surface area contributed by atoms with E-state index in [1.807, 2.05) is 24.3 Å². The van der Waals surface area contributed by atoms with E-state index in [0.29, 0.717) is 29.1 Å². The van der Waals surface area contributed by atoms with Gasteiger partial charge in [0, 0.05) is 48.5 Å². The molecule has 4 aromatic heterocycles. The summed E-state index contributed by atoms with van der Waals surface area (Å²) in [5, 5.41) is 21.7. The Hall–Kier alpha value is -4.03. The van der Waals surface area contributed by atoms with Gasteiger partial charge in [-0.2, -0.15) is 4.39 Å². The number of halogens is 2. The summed E-state index contributed by atoms with van der Waals surface area (Å²) in [6.45, 7) is 3.96. The summed E-state index contributed by atoms with van der Waals surface area (Å²) in [5.74, 6) is -2.25. The monoisotopic (exact) mass is 509 g/mol. The minimum atomic E-state index is -1.50. The molecular formula is C24H21F2N7O2S. The molecule has 184 valence electrons. The number of thiophene rings is 1. The molecule has 2 N–H and O–H groups in total. The van der Waals surface area contributed by atoms with Gasteiger partial charge in [-0.25, -0.2) is 19.3 Å². The van der Waals surface area contributed by atoms with Crippen molar-refractivity contribution in [1.29, 1.82) is 0 Å². The number of aliphatic hydroxyl groups is 1. The lowest BCUT2D eigenvalue weighted by atomic mass is 10.0. The molecule has 5 rings (SSSR count). The van der Waals surface area contributed by atoms with Crippen LogP contribution in [0.2, 0.25) is 0 Å². The number of hydrogen-bond donors (Lipinski definition) is 2. The van der Waals surface area contributed by atoms with Gasteiger partial charge < -0.3 is 15.2 Å². The maximum atomic E-state index is 14.8. The topological polar surface area (TPSA) is 111 Å². The van der Waals surface area contributed by atoms with Crippen LogP contribution in [0.15, 0.2) is 55.1 Å². The van der Waals surface area contributed by atoms with E-state index in [0.717, 1.165) is 16.3 Å². The van der Waals surface area contributed by atoms with E-state index in [2.05, 4.69) is 30.6 Å². The van der Waals surface area contributed by atoms with Crippen LogP contribution in [0.4, 0.5) is 14.7 Å². The van der Waals surface area contributed by atoms with Crippen molar-refractivity contribution in [3.05, 3.63) is 66.9 Å². The van der Waals surface area contributed by atoms with Crippen molar-refractivity contribution in [2.24, 2.45) is 0 Å². The second-order valence-electron chi connectivity index (χ2n) is 8.37. The molecule has 0 saturated heterocycles. The summed E-state index contributed by atoms with van der Waals surface area (Å²) in [6.07, 6.45) is 5.68. The van der Waals surface area contributed by atoms with Gasteiger partial charge in [-0.1, -0.05) is 23.4 Å². The van der Waals surface area contributed by atoms with E-state index in [4.69, 9.17) is 4.74 Å². The lowest BCUT2D eigenvalue weighted by molar-refractivity contribution is -0.104. The third-order valence-electron chi connectivity index (χ3n) is 5.10. The van der Waals surface area contributed by atoms with Crippen molar-refractivity contribution in [2.75, 3.05) is 11.9 Å². The van der Waals surface area contributed by atoms with Gasteiger partial charge in [0.1, 0.15) is 11.4 Å². The Labute approximate surface area is 208 Å². The summed E-state index contributed by atoms with van der Waals surface area (Å²) in [4.78, 5) is 12.7. The summed E-state index contributed by atoms with van der Waals surface area (Å²) in [7, 11) is 0. The van der Waals surface area contributed by atoms with Gasteiger partial charge in [0.15, 0.2) is 5.82 Å². The maximum Gasteiger partial charge on any atom is 0.223 e. The molecule has 0 aliphatic heterocycles. The number of pyridine rings is 1. The van der Waals surface area contributed by atoms with Crippen molar-refractivity contribution >= 4 is 27.4 Å². The molecule has 0 spiro atoms. The fraction of sp³-hybridized carbons (Fsp3) is 0.208. The minimum absolute atomic E-state index is 0.147. The molecule has 12 heteroatoms. The number of nitrogens with one attached hydrogen (secondary N) is 1. The van der Waals surface area contributed by atoms with Crippen LogP contribution in [-0.4, -0.2) is 47.4 Å². The molecule has 0 saturated carbocycles. The SMILES string of the molecule is CC(C)(O)Oc1cnc(F)cc1-c1cccc2cc(-c3nc(NCCn4ccnn4)ncc3F)sc12. The van der Waals surface area contributed by atoms with E-state index in [9.17, 15) is 13.9 Å². The van der Waals surface area contributed by atoms with Crippen LogP contribution in [0.25, 0.3) is 31.8 Å². The molecule has 5 aromatic rings. The smallest absolute Gasteiger partial charge is 0.223 e. The van der Waals surface area contributed by atoms with Gasteiger partial charge in [-0.3, -0.25) is 4.68 Å². The fourth-order valence-electron chi connectivity index (χ4n) is 3.63. The summed E-state index contributed by atoms with van der Waals surface area (Å²) >= 11 is 1.31. The van der Waals surface area contributed by atoms with Crippen molar-refractivity contribution < 1.29 is 18.6 Å². The van der Waals surface area contributed by atoms with Crippen LogP contribution >= 0.6 is 11.3 Å². The number of rotatable bonds is 8. The highest BCUT2D eigenvalue weighted by atomic mass is 32.1. The molecule has 0 aliphatic carbocycles. The molecule has 1 aromatic carbocycles. The van der Waals surface area contributed by atoms with Crippen LogP contribution in [0.1, 0.15) is 13.8 Å². The molecule has 9 nitrogen and oxygen atoms in total. The van der Waals surface area contributed by atoms with Crippen LogP contribution in [0, 0.1) is 11.8 Å². The molecule has 0 fully saturated rings. The average Bonchev–Trinajstić information content (AvgIpc) is 3.50. The predicted octanol–water partition coefficient (Wildman–Crippen LogP) is 4.51. The summed E-state index contributed by atoms with van der Waals surface area (Å²) in [6, 6.07) is 8.57. The highest BCUT2D eigenvalue weighted by Crippen LogP contribution is 2.42. The Morgan fingerprint density at radius 2 is 2.00 bits per heavy atom. The van der Waals surface area contributed by atoms with Gasteiger partial charge in [0.05, 0.1) is 30.0 Å². The molecule has 0 amide bonds. The second kappa shape index (κ2) is 9.55. The van der Waals surface area contributed by atoms with Crippen LogP contribution in [0.5, 0.6) is 5.75 Å². The predicted molar refractivity (Wildman–Crippen MR) is 131 cm³/mol. The third kappa shape index (κ3) is 5.14. The summed E-state index contributed by atoms with van der Waals surface area (Å²) < 4.78 is 36.9. The first-order valence-electron chi connectivity index (χ1n) is 11.0. The number of anilines is 1. The van der Waals surface area contributed by atoms with Gasteiger partial charge in [-0.05, 0) is 11.5 Å². The van der Waals surface area contributed by atoms with E-state index in [1.165, 1.54) is 37.4 Å². The van der Waals surface area contributed by atoms with Gasteiger partial charge >= 0.3 is 0 Å². The summed E-state index contributed by atoms with van der Waals surface area (Å²) in [5.41, 5.74) is 1.22. The highest BCUT2D eigenvalue weighted by molar-refractivity contribution is 7.22. The van der Waals surface area contributed by atoms with Crippen LogP contribution < -0.4 is 10.1 Å². The Morgan fingerprint density at radius 1 is 1.14 bits per heavy atom. The Balaban J connectivity index is 1.50. The first-order valence-corrected chi connectivity index (χ1v) is 11.8. The molecule has 0 unspecified atom stereocenters. The normalized spacial score (nSPS) is 11.7. The first kappa shape index (κ1) is 23.7. The van der Waals surface area contributed by atoms with E-state index in [1.54, 1.807) is 17.1 Å². The zero-order valence-electron chi connectivity index (χ0n) is 19.3. The van der Waals surface area contributed by atoms with E-state index in [-0.39, 0.29) is 17.4 Å². The van der Waals surface area contributed by atoms with Crippen molar-refractivity contribution in [3.63, 3.8) is 0 Å². The van der Waals surface area contributed by atoms with Gasteiger partial charge in [0.2, 0.25) is 17.7 Å². The Kier molecular flexibility index (Phi) is 6.29. The zero-order valence-corrected chi connectivity index (χ0v) is 20.1. The van der Waals surface area contributed by atoms with E-state index >= 15 is 0 Å². The van der Waals surface area contributed by atoms with Crippen LogP contribution in [-0.2, 0) is 6.54 Å². The molecule has 0 atom stereocenters. The highest BCUT2D eigenvalue weighted by Gasteiger charge is 2.21.